The van der Waals surface area contributed by atoms with Crippen LogP contribution in [0.2, 0.25) is 0 Å². The second kappa shape index (κ2) is 6.90. The summed E-state index contributed by atoms with van der Waals surface area (Å²) in [7, 11) is 1.98. The van der Waals surface area contributed by atoms with Crippen LogP contribution in [0.4, 0.5) is 0 Å². The number of hydrogen-bond acceptors (Lipinski definition) is 3. The van der Waals surface area contributed by atoms with Gasteiger partial charge in [-0.3, -0.25) is 4.68 Å². The molecular formula is C11H21N3S. The molecule has 0 atom stereocenters. The van der Waals surface area contributed by atoms with Crippen LogP contribution < -0.4 is 5.32 Å². The van der Waals surface area contributed by atoms with Gasteiger partial charge < -0.3 is 5.32 Å². The zero-order valence-corrected chi connectivity index (χ0v) is 10.7. The van der Waals surface area contributed by atoms with Crippen molar-refractivity contribution in [2.45, 2.75) is 26.3 Å². The molecule has 0 amide bonds. The lowest BCUT2D eigenvalue weighted by atomic mass is 10.2. The number of nitrogens with zero attached hydrogens (tertiary/aromatic N) is 2. The summed E-state index contributed by atoms with van der Waals surface area (Å²) in [6.45, 7) is 4.20. The zero-order valence-electron chi connectivity index (χ0n) is 9.92. The van der Waals surface area contributed by atoms with E-state index in [1.54, 1.807) is 0 Å². The first kappa shape index (κ1) is 12.6. The largest absolute Gasteiger partial charge is 0.313 e. The predicted molar refractivity (Wildman–Crippen MR) is 67.3 cm³/mol. The monoisotopic (exact) mass is 227 g/mol. The van der Waals surface area contributed by atoms with Crippen LogP contribution in [0.5, 0.6) is 0 Å². The Balaban J connectivity index is 2.30. The highest BCUT2D eigenvalue weighted by Gasteiger charge is 2.04. The summed E-state index contributed by atoms with van der Waals surface area (Å²) < 4.78 is 1.90. The second-order valence-corrected chi connectivity index (χ2v) is 4.64. The Morgan fingerprint density at radius 1 is 1.53 bits per heavy atom. The summed E-state index contributed by atoms with van der Waals surface area (Å²) in [5.74, 6) is 1.24. The van der Waals surface area contributed by atoms with Crippen LogP contribution in [0, 0.1) is 0 Å². The molecule has 0 bridgehead atoms. The molecule has 0 aliphatic rings. The molecule has 1 heterocycles. The molecule has 86 valence electrons. The van der Waals surface area contributed by atoms with E-state index in [2.05, 4.69) is 29.8 Å². The minimum atomic E-state index is 0.950. The molecular weight excluding hydrogens is 206 g/mol. The van der Waals surface area contributed by atoms with E-state index in [1.165, 1.54) is 23.4 Å². The van der Waals surface area contributed by atoms with Crippen LogP contribution in [0.25, 0.3) is 0 Å². The van der Waals surface area contributed by atoms with E-state index in [-0.39, 0.29) is 0 Å². The summed E-state index contributed by atoms with van der Waals surface area (Å²) in [6.07, 6.45) is 6.52. The van der Waals surface area contributed by atoms with E-state index in [0.29, 0.717) is 0 Å². The topological polar surface area (TPSA) is 29.9 Å². The van der Waals surface area contributed by atoms with Crippen molar-refractivity contribution < 1.29 is 0 Å². The first-order valence-corrected chi connectivity index (χ1v) is 6.88. The zero-order chi connectivity index (χ0) is 11.1. The molecule has 0 saturated heterocycles. The maximum absolute atomic E-state index is 4.42. The van der Waals surface area contributed by atoms with Gasteiger partial charge in [0.15, 0.2) is 0 Å². The average Bonchev–Trinajstić information content (AvgIpc) is 2.59. The van der Waals surface area contributed by atoms with Gasteiger partial charge in [-0.1, -0.05) is 6.92 Å². The lowest BCUT2D eigenvalue weighted by molar-refractivity contribution is 0.675. The molecule has 0 radical (unpaired) electrons. The van der Waals surface area contributed by atoms with Crippen molar-refractivity contribution in [3.8, 4) is 0 Å². The molecule has 0 unspecified atom stereocenters. The summed E-state index contributed by atoms with van der Waals surface area (Å²) in [6, 6.07) is 0. The normalized spacial score (nSPS) is 10.9. The Morgan fingerprint density at radius 2 is 2.33 bits per heavy atom. The van der Waals surface area contributed by atoms with Crippen molar-refractivity contribution in [1.29, 1.82) is 0 Å². The summed E-state index contributed by atoms with van der Waals surface area (Å²) in [5.41, 5.74) is 2.55. The minimum Gasteiger partial charge on any atom is -0.313 e. The van der Waals surface area contributed by atoms with Crippen molar-refractivity contribution in [1.82, 2.24) is 15.1 Å². The molecule has 0 saturated carbocycles. The first-order valence-electron chi connectivity index (χ1n) is 5.49. The molecule has 1 aromatic rings. The van der Waals surface area contributed by atoms with Crippen molar-refractivity contribution >= 4 is 11.8 Å². The molecule has 4 heteroatoms. The van der Waals surface area contributed by atoms with E-state index in [4.69, 9.17) is 0 Å². The van der Waals surface area contributed by atoms with Gasteiger partial charge in [-0.15, -0.1) is 0 Å². The Morgan fingerprint density at radius 3 is 3.00 bits per heavy atom. The molecule has 0 fully saturated rings. The molecule has 0 spiro atoms. The van der Waals surface area contributed by atoms with Gasteiger partial charge in [0.1, 0.15) is 0 Å². The predicted octanol–water partition coefficient (Wildman–Crippen LogP) is 1.83. The van der Waals surface area contributed by atoms with Crippen LogP contribution in [0.1, 0.15) is 24.6 Å². The third kappa shape index (κ3) is 4.26. The lowest BCUT2D eigenvalue weighted by Gasteiger charge is -2.03. The quantitative estimate of drug-likeness (QED) is 0.721. The van der Waals surface area contributed by atoms with Crippen molar-refractivity contribution in [2.24, 2.45) is 7.05 Å². The highest BCUT2D eigenvalue weighted by molar-refractivity contribution is 7.98. The number of nitrogens with one attached hydrogen (secondary N) is 1. The standard InChI is InChI=1S/C11H21N3S/c1-4-11-10(9-14(2)13-11)8-12-6-5-7-15-3/h9,12H,4-8H2,1-3H3. The van der Waals surface area contributed by atoms with Gasteiger partial charge in [-0.05, 0) is 31.4 Å². The fourth-order valence-electron chi connectivity index (χ4n) is 1.59. The van der Waals surface area contributed by atoms with Crippen LogP contribution in [-0.2, 0) is 20.0 Å². The van der Waals surface area contributed by atoms with E-state index < -0.39 is 0 Å². The summed E-state index contributed by atoms with van der Waals surface area (Å²) in [4.78, 5) is 0. The second-order valence-electron chi connectivity index (χ2n) is 3.65. The molecule has 1 rings (SSSR count). The molecule has 1 aromatic heterocycles. The van der Waals surface area contributed by atoms with Gasteiger partial charge in [-0.2, -0.15) is 16.9 Å². The molecule has 0 aromatic carbocycles. The van der Waals surface area contributed by atoms with Gasteiger partial charge in [0.25, 0.3) is 0 Å². The molecule has 0 aliphatic carbocycles. The number of hydrogen-bond donors (Lipinski definition) is 1. The highest BCUT2D eigenvalue weighted by Crippen LogP contribution is 2.06. The van der Waals surface area contributed by atoms with E-state index in [0.717, 1.165) is 19.5 Å². The lowest BCUT2D eigenvalue weighted by Crippen LogP contribution is -2.15. The van der Waals surface area contributed by atoms with Crippen molar-refractivity contribution in [2.75, 3.05) is 18.6 Å². The third-order valence-corrected chi connectivity index (χ3v) is 3.04. The maximum Gasteiger partial charge on any atom is 0.0666 e. The number of rotatable bonds is 7. The Kier molecular flexibility index (Phi) is 5.79. The highest BCUT2D eigenvalue weighted by atomic mass is 32.2. The smallest absolute Gasteiger partial charge is 0.0666 e. The molecule has 1 N–H and O–H groups in total. The van der Waals surface area contributed by atoms with Crippen LogP contribution in [-0.4, -0.2) is 28.3 Å². The minimum absolute atomic E-state index is 0.950. The Bertz CT molecular complexity index is 283. The molecule has 15 heavy (non-hydrogen) atoms. The maximum atomic E-state index is 4.42. The van der Waals surface area contributed by atoms with Gasteiger partial charge >= 0.3 is 0 Å². The number of aryl methyl sites for hydroxylation is 2. The van der Waals surface area contributed by atoms with Gasteiger partial charge in [0.2, 0.25) is 0 Å². The number of aromatic nitrogens is 2. The van der Waals surface area contributed by atoms with E-state index >= 15 is 0 Å². The van der Waals surface area contributed by atoms with E-state index in [1.807, 2.05) is 23.5 Å². The SMILES string of the molecule is CCc1nn(C)cc1CNCCCSC. The summed E-state index contributed by atoms with van der Waals surface area (Å²) >= 11 is 1.90. The van der Waals surface area contributed by atoms with Gasteiger partial charge in [0, 0.05) is 25.4 Å². The third-order valence-electron chi connectivity index (χ3n) is 2.34. The van der Waals surface area contributed by atoms with Crippen LogP contribution >= 0.6 is 11.8 Å². The first-order chi connectivity index (χ1) is 7.27. The van der Waals surface area contributed by atoms with Crippen molar-refractivity contribution in [3.05, 3.63) is 17.5 Å². The van der Waals surface area contributed by atoms with E-state index in [9.17, 15) is 0 Å². The fourth-order valence-corrected chi connectivity index (χ4v) is 2.03. The average molecular weight is 227 g/mol. The number of thioether (sulfide) groups is 1. The Labute approximate surface area is 96.6 Å². The van der Waals surface area contributed by atoms with Crippen molar-refractivity contribution in [3.63, 3.8) is 0 Å². The van der Waals surface area contributed by atoms with Gasteiger partial charge in [0.05, 0.1) is 5.69 Å². The molecule has 0 aliphatic heterocycles. The van der Waals surface area contributed by atoms with Crippen LogP contribution in [0.15, 0.2) is 6.20 Å². The van der Waals surface area contributed by atoms with Gasteiger partial charge in [-0.25, -0.2) is 0 Å². The summed E-state index contributed by atoms with van der Waals surface area (Å²) in [5, 5.41) is 7.87. The molecule has 3 nitrogen and oxygen atoms in total. The van der Waals surface area contributed by atoms with Crippen LogP contribution in [0.3, 0.4) is 0 Å². The fraction of sp³-hybridized carbons (Fsp3) is 0.727. The Hall–Kier alpha value is -0.480.